The Balaban J connectivity index is 3.27. The van der Waals surface area contributed by atoms with Crippen LogP contribution < -0.4 is 10.1 Å². The molecule has 0 saturated carbocycles. The molecule has 0 aliphatic carbocycles. The minimum absolute atomic E-state index is 0.0618. The highest BCUT2D eigenvalue weighted by molar-refractivity contribution is 5.43. The van der Waals surface area contributed by atoms with Gasteiger partial charge in [-0.3, -0.25) is 0 Å². The van der Waals surface area contributed by atoms with Gasteiger partial charge >= 0.3 is 0 Å². The van der Waals surface area contributed by atoms with Crippen molar-refractivity contribution < 1.29 is 4.74 Å². The van der Waals surface area contributed by atoms with Crippen LogP contribution in [0.1, 0.15) is 66.5 Å². The number of nitrogens with one attached hydrogen (secondary N) is 1. The largest absolute Gasteiger partial charge is 0.486 e. The summed E-state index contributed by atoms with van der Waals surface area (Å²) in [5.41, 5.74) is 2.62. The van der Waals surface area contributed by atoms with Crippen molar-refractivity contribution in [2.75, 3.05) is 13.6 Å². The Morgan fingerprint density at radius 1 is 0.905 bits per heavy atom. The fourth-order valence-electron chi connectivity index (χ4n) is 2.43. The van der Waals surface area contributed by atoms with Crippen LogP contribution in [0, 0.1) is 0 Å². The Morgan fingerprint density at radius 3 is 1.90 bits per heavy atom. The van der Waals surface area contributed by atoms with Gasteiger partial charge in [0.25, 0.3) is 0 Å². The molecule has 0 aliphatic heterocycles. The molecule has 1 aromatic rings. The Bertz CT molecular complexity index is 475. The molecule has 0 radical (unpaired) electrons. The first-order valence-electron chi connectivity index (χ1n) is 7.85. The van der Waals surface area contributed by atoms with Gasteiger partial charge in [-0.2, -0.15) is 0 Å². The Labute approximate surface area is 131 Å². The van der Waals surface area contributed by atoms with E-state index in [9.17, 15) is 0 Å². The van der Waals surface area contributed by atoms with Gasteiger partial charge in [0.15, 0.2) is 0 Å². The van der Waals surface area contributed by atoms with E-state index in [1.54, 1.807) is 0 Å². The number of rotatable bonds is 4. The van der Waals surface area contributed by atoms with E-state index in [2.05, 4.69) is 78.9 Å². The standard InChI is InChI=1S/C19H33NO/c1-17(2,3)14-10-11-16(15(12-14)18(4,5)6)21-19(7,8)13-20-9/h10-12,20H,13H2,1-9H3. The van der Waals surface area contributed by atoms with E-state index < -0.39 is 0 Å². The van der Waals surface area contributed by atoms with Crippen molar-refractivity contribution >= 4 is 0 Å². The lowest BCUT2D eigenvalue weighted by atomic mass is 9.80. The summed E-state index contributed by atoms with van der Waals surface area (Å²) in [6.45, 7) is 18.5. The molecule has 0 unspecified atom stereocenters. The molecule has 0 bridgehead atoms. The lowest BCUT2D eigenvalue weighted by Crippen LogP contribution is -2.39. The molecule has 0 amide bonds. The zero-order chi connectivity index (χ0) is 16.5. The average molecular weight is 291 g/mol. The van der Waals surface area contributed by atoms with Crippen LogP contribution in [0.3, 0.4) is 0 Å². The summed E-state index contributed by atoms with van der Waals surface area (Å²) in [6.07, 6.45) is 0. The first-order chi connectivity index (χ1) is 9.37. The molecule has 0 aliphatic rings. The maximum absolute atomic E-state index is 6.31. The van der Waals surface area contributed by atoms with Crippen molar-refractivity contribution in [1.29, 1.82) is 0 Å². The lowest BCUT2D eigenvalue weighted by molar-refractivity contribution is 0.108. The van der Waals surface area contributed by atoms with Crippen LogP contribution in [0.5, 0.6) is 5.75 Å². The highest BCUT2D eigenvalue weighted by Gasteiger charge is 2.26. The second kappa shape index (κ2) is 6.00. The van der Waals surface area contributed by atoms with E-state index in [-0.39, 0.29) is 16.4 Å². The van der Waals surface area contributed by atoms with Crippen LogP contribution in [0.25, 0.3) is 0 Å². The van der Waals surface area contributed by atoms with E-state index in [0.717, 1.165) is 12.3 Å². The Morgan fingerprint density at radius 2 is 1.48 bits per heavy atom. The second-order valence-corrected chi connectivity index (χ2v) is 8.60. The number of benzene rings is 1. The molecule has 2 heteroatoms. The molecule has 1 aromatic carbocycles. The molecular weight excluding hydrogens is 258 g/mol. The summed E-state index contributed by atoms with van der Waals surface area (Å²) in [7, 11) is 1.96. The van der Waals surface area contributed by atoms with E-state index in [0.29, 0.717) is 0 Å². The number of likely N-dealkylation sites (N-methyl/N-ethyl adjacent to an activating group) is 1. The monoisotopic (exact) mass is 291 g/mol. The first kappa shape index (κ1) is 18.0. The topological polar surface area (TPSA) is 21.3 Å². The fraction of sp³-hybridized carbons (Fsp3) is 0.684. The van der Waals surface area contributed by atoms with Crippen LogP contribution in [0.4, 0.5) is 0 Å². The molecule has 120 valence electrons. The van der Waals surface area contributed by atoms with Gasteiger partial charge in [0.05, 0.1) is 0 Å². The van der Waals surface area contributed by atoms with Gasteiger partial charge in [-0.25, -0.2) is 0 Å². The van der Waals surface area contributed by atoms with E-state index in [1.165, 1.54) is 11.1 Å². The Kier molecular flexibility index (Phi) is 5.15. The zero-order valence-electron chi connectivity index (χ0n) is 15.3. The molecule has 0 spiro atoms. The van der Waals surface area contributed by atoms with Crippen LogP contribution >= 0.6 is 0 Å². The van der Waals surface area contributed by atoms with Crippen molar-refractivity contribution in [3.63, 3.8) is 0 Å². The SMILES string of the molecule is CNCC(C)(C)Oc1ccc(C(C)(C)C)cc1C(C)(C)C. The minimum atomic E-state index is -0.224. The first-order valence-corrected chi connectivity index (χ1v) is 7.85. The third-order valence-electron chi connectivity index (χ3n) is 3.64. The minimum Gasteiger partial charge on any atom is -0.486 e. The van der Waals surface area contributed by atoms with Gasteiger partial charge < -0.3 is 10.1 Å². The van der Waals surface area contributed by atoms with Crippen molar-refractivity contribution in [3.05, 3.63) is 29.3 Å². The van der Waals surface area contributed by atoms with Crippen LogP contribution in [-0.2, 0) is 10.8 Å². The maximum Gasteiger partial charge on any atom is 0.123 e. The van der Waals surface area contributed by atoms with Gasteiger partial charge in [-0.05, 0) is 48.9 Å². The molecule has 0 saturated heterocycles. The molecule has 1 rings (SSSR count). The van der Waals surface area contributed by atoms with Crippen LogP contribution in [0.15, 0.2) is 18.2 Å². The normalized spacial score (nSPS) is 13.4. The van der Waals surface area contributed by atoms with Crippen molar-refractivity contribution in [2.24, 2.45) is 0 Å². The van der Waals surface area contributed by atoms with Gasteiger partial charge in [0, 0.05) is 6.54 Å². The van der Waals surface area contributed by atoms with Gasteiger partial charge in [-0.15, -0.1) is 0 Å². The van der Waals surface area contributed by atoms with Crippen molar-refractivity contribution in [1.82, 2.24) is 5.32 Å². The summed E-state index contributed by atoms with van der Waals surface area (Å²) in [6, 6.07) is 6.64. The lowest BCUT2D eigenvalue weighted by Gasteiger charge is -2.32. The van der Waals surface area contributed by atoms with Crippen LogP contribution in [0.2, 0.25) is 0 Å². The molecule has 0 heterocycles. The molecule has 2 nitrogen and oxygen atoms in total. The molecule has 0 fully saturated rings. The quantitative estimate of drug-likeness (QED) is 0.871. The maximum atomic E-state index is 6.31. The third kappa shape index (κ3) is 5.03. The van der Waals surface area contributed by atoms with Gasteiger partial charge in [-0.1, -0.05) is 53.7 Å². The molecule has 0 aromatic heterocycles. The van der Waals surface area contributed by atoms with E-state index >= 15 is 0 Å². The average Bonchev–Trinajstić information content (AvgIpc) is 2.25. The second-order valence-electron chi connectivity index (χ2n) is 8.60. The van der Waals surface area contributed by atoms with E-state index in [1.807, 2.05) is 7.05 Å². The molecular formula is C19H33NO. The number of hydrogen-bond donors (Lipinski definition) is 1. The highest BCUT2D eigenvalue weighted by Crippen LogP contribution is 2.36. The predicted octanol–water partition coefficient (Wildman–Crippen LogP) is 4.66. The molecule has 1 N–H and O–H groups in total. The highest BCUT2D eigenvalue weighted by atomic mass is 16.5. The fourth-order valence-corrected chi connectivity index (χ4v) is 2.43. The number of hydrogen-bond acceptors (Lipinski definition) is 2. The van der Waals surface area contributed by atoms with Crippen molar-refractivity contribution in [3.8, 4) is 5.75 Å². The van der Waals surface area contributed by atoms with Crippen LogP contribution in [-0.4, -0.2) is 19.2 Å². The summed E-state index contributed by atoms with van der Waals surface area (Å²) in [5.74, 6) is 0.996. The summed E-state index contributed by atoms with van der Waals surface area (Å²) < 4.78 is 6.31. The zero-order valence-corrected chi connectivity index (χ0v) is 15.3. The third-order valence-corrected chi connectivity index (χ3v) is 3.64. The smallest absolute Gasteiger partial charge is 0.123 e. The predicted molar refractivity (Wildman–Crippen MR) is 92.5 cm³/mol. The van der Waals surface area contributed by atoms with Gasteiger partial charge in [0.2, 0.25) is 0 Å². The summed E-state index contributed by atoms with van der Waals surface area (Å²) >= 11 is 0. The summed E-state index contributed by atoms with van der Waals surface area (Å²) in [4.78, 5) is 0. The number of ether oxygens (including phenoxy) is 1. The summed E-state index contributed by atoms with van der Waals surface area (Å²) in [5, 5.41) is 3.20. The van der Waals surface area contributed by atoms with Gasteiger partial charge in [0.1, 0.15) is 11.4 Å². The molecule has 0 atom stereocenters. The Hall–Kier alpha value is -1.02. The van der Waals surface area contributed by atoms with Crippen molar-refractivity contribution in [2.45, 2.75) is 71.8 Å². The van der Waals surface area contributed by atoms with E-state index in [4.69, 9.17) is 4.74 Å². The molecule has 21 heavy (non-hydrogen) atoms.